The third-order valence-corrected chi connectivity index (χ3v) is 3.69. The molecule has 0 bridgehead atoms. The first-order chi connectivity index (χ1) is 11.8. The van der Waals surface area contributed by atoms with Gasteiger partial charge in [-0.05, 0) is 29.8 Å². The number of nitriles is 1. The van der Waals surface area contributed by atoms with E-state index < -0.39 is 0 Å². The largest absolute Gasteiger partial charge is 0.324 e. The van der Waals surface area contributed by atoms with Crippen molar-refractivity contribution < 1.29 is 0 Å². The van der Waals surface area contributed by atoms with Gasteiger partial charge in [0.05, 0.1) is 24.4 Å². The van der Waals surface area contributed by atoms with Gasteiger partial charge in [-0.3, -0.25) is 5.10 Å². The maximum atomic E-state index is 8.85. The first-order valence-corrected chi connectivity index (χ1v) is 7.55. The number of aromatic nitrogens is 4. The van der Waals surface area contributed by atoms with E-state index in [1.807, 2.05) is 59.3 Å². The van der Waals surface area contributed by atoms with E-state index in [0.717, 1.165) is 28.1 Å². The van der Waals surface area contributed by atoms with E-state index in [-0.39, 0.29) is 0 Å². The second kappa shape index (κ2) is 5.89. The number of hydrogen-bond acceptors (Lipinski definition) is 4. The van der Waals surface area contributed by atoms with Crippen LogP contribution in [0.4, 0.5) is 11.6 Å². The van der Waals surface area contributed by atoms with Crippen molar-refractivity contribution >= 4 is 22.8 Å². The van der Waals surface area contributed by atoms with Crippen molar-refractivity contribution in [3.8, 4) is 11.8 Å². The molecule has 2 N–H and O–H groups in total. The smallest absolute Gasteiger partial charge is 0.229 e. The number of rotatable bonds is 4. The zero-order chi connectivity index (χ0) is 16.4. The second-order valence-electron chi connectivity index (χ2n) is 5.37. The third kappa shape index (κ3) is 2.59. The quantitative estimate of drug-likeness (QED) is 0.603. The number of H-pyrrole nitrogens is 1. The lowest BCUT2D eigenvalue weighted by Gasteiger charge is -2.16. The van der Waals surface area contributed by atoms with Gasteiger partial charge in [-0.25, -0.2) is 9.67 Å². The summed E-state index contributed by atoms with van der Waals surface area (Å²) in [6, 6.07) is 19.8. The number of para-hydroxylation sites is 1. The Morgan fingerprint density at radius 1 is 1.12 bits per heavy atom. The van der Waals surface area contributed by atoms with Crippen LogP contribution in [0.5, 0.6) is 0 Å². The molecule has 0 aliphatic rings. The number of nitrogens with zero attached hydrogens (tertiary/aromatic N) is 4. The number of anilines is 2. The van der Waals surface area contributed by atoms with E-state index in [1.165, 1.54) is 0 Å². The summed E-state index contributed by atoms with van der Waals surface area (Å²) in [4.78, 5) is 8.87. The van der Waals surface area contributed by atoms with Gasteiger partial charge >= 0.3 is 0 Å². The predicted molar refractivity (Wildman–Crippen MR) is 92.3 cm³/mol. The molecule has 0 aliphatic heterocycles. The number of nitrogens with one attached hydrogen (secondary N) is 2. The van der Waals surface area contributed by atoms with Crippen LogP contribution in [-0.4, -0.2) is 19.7 Å². The highest BCUT2D eigenvalue weighted by Crippen LogP contribution is 2.21. The molecule has 2 aromatic heterocycles. The normalized spacial score (nSPS) is 10.6. The predicted octanol–water partition coefficient (Wildman–Crippen LogP) is 3.56. The van der Waals surface area contributed by atoms with Crippen molar-refractivity contribution in [3.05, 3.63) is 66.4 Å². The van der Waals surface area contributed by atoms with Gasteiger partial charge in [0.2, 0.25) is 5.95 Å². The van der Waals surface area contributed by atoms with Crippen molar-refractivity contribution in [2.45, 2.75) is 6.42 Å². The van der Waals surface area contributed by atoms with Gasteiger partial charge in [-0.1, -0.05) is 30.3 Å². The molecule has 0 saturated heterocycles. The molecule has 116 valence electrons. The van der Waals surface area contributed by atoms with Crippen molar-refractivity contribution in [1.82, 2.24) is 19.7 Å². The molecule has 6 heteroatoms. The molecule has 2 aromatic carbocycles. The topological polar surface area (TPSA) is 82.3 Å². The Labute approximate surface area is 138 Å². The van der Waals surface area contributed by atoms with Crippen LogP contribution in [-0.2, 0) is 6.42 Å². The monoisotopic (exact) mass is 314 g/mol. The van der Waals surface area contributed by atoms with E-state index >= 15 is 0 Å². The van der Waals surface area contributed by atoms with E-state index in [1.54, 1.807) is 6.20 Å². The zero-order valence-electron chi connectivity index (χ0n) is 12.8. The Bertz CT molecular complexity index is 1020. The first kappa shape index (κ1) is 14.0. The second-order valence-corrected chi connectivity index (χ2v) is 5.37. The summed E-state index contributed by atoms with van der Waals surface area (Å²) in [5, 5.41) is 15.2. The molecule has 0 atom stereocenters. The number of fused-ring (bicyclic) bond motifs is 1. The molecular formula is C18H14N6. The molecule has 0 amide bonds. The molecule has 0 spiro atoms. The van der Waals surface area contributed by atoms with E-state index in [9.17, 15) is 0 Å². The Hall–Kier alpha value is -3.59. The highest BCUT2D eigenvalue weighted by atomic mass is 15.4. The minimum atomic E-state index is 0.388. The van der Waals surface area contributed by atoms with Crippen molar-refractivity contribution in [3.63, 3.8) is 0 Å². The van der Waals surface area contributed by atoms with Crippen LogP contribution in [0, 0.1) is 11.3 Å². The lowest BCUT2D eigenvalue weighted by Crippen LogP contribution is -2.12. The summed E-state index contributed by atoms with van der Waals surface area (Å²) >= 11 is 0. The number of aromatic amines is 1. The van der Waals surface area contributed by atoms with Gasteiger partial charge in [0.1, 0.15) is 5.52 Å². The van der Waals surface area contributed by atoms with Crippen molar-refractivity contribution in [2.24, 2.45) is 0 Å². The first-order valence-electron chi connectivity index (χ1n) is 7.55. The van der Waals surface area contributed by atoms with Crippen LogP contribution < -0.4 is 5.32 Å². The number of benzene rings is 2. The van der Waals surface area contributed by atoms with Crippen molar-refractivity contribution in [1.29, 1.82) is 5.26 Å². The van der Waals surface area contributed by atoms with Gasteiger partial charge in [-0.15, -0.1) is 0 Å². The summed E-state index contributed by atoms with van der Waals surface area (Å²) in [6.45, 7) is 0. The van der Waals surface area contributed by atoms with E-state index in [0.29, 0.717) is 12.4 Å². The van der Waals surface area contributed by atoms with Crippen LogP contribution in [0.15, 0.2) is 60.8 Å². The summed E-state index contributed by atoms with van der Waals surface area (Å²) in [5.41, 5.74) is 4.53. The zero-order valence-corrected chi connectivity index (χ0v) is 12.8. The molecule has 0 saturated carbocycles. The molecule has 0 aliphatic carbocycles. The molecule has 0 radical (unpaired) electrons. The van der Waals surface area contributed by atoms with Crippen LogP contribution >= 0.6 is 0 Å². The van der Waals surface area contributed by atoms with Gasteiger partial charge in [0.15, 0.2) is 5.65 Å². The van der Waals surface area contributed by atoms with Gasteiger partial charge in [0, 0.05) is 5.69 Å². The molecule has 24 heavy (non-hydrogen) atoms. The lowest BCUT2D eigenvalue weighted by atomic mass is 10.1. The molecular weight excluding hydrogens is 300 g/mol. The average Bonchev–Trinajstić information content (AvgIpc) is 2.59. The van der Waals surface area contributed by atoms with Crippen LogP contribution in [0.2, 0.25) is 0 Å². The SMILES string of the molecule is N#CCc1cccc(-n2[nH]c3cnc(Nc4ccccc4)nc32)c1. The Kier molecular flexibility index (Phi) is 3.45. The number of hydrogen-bond donors (Lipinski definition) is 2. The molecule has 4 aromatic rings. The fraction of sp³-hybridized carbons (Fsp3) is 0.0556. The lowest BCUT2D eigenvalue weighted by molar-refractivity contribution is 0.841. The minimum Gasteiger partial charge on any atom is -0.324 e. The summed E-state index contributed by atoms with van der Waals surface area (Å²) in [5.74, 6) is 0.541. The standard InChI is InChI=1S/C18H14N6/c19-10-9-13-5-4-8-15(11-13)24-17-16(23-24)12-20-18(22-17)21-14-6-2-1-3-7-14/h1-8,11-12,23H,9H2,(H,20,21,22). The Balaban J connectivity index is 1.67. The van der Waals surface area contributed by atoms with Gasteiger partial charge in [-0.2, -0.15) is 10.2 Å². The average molecular weight is 314 g/mol. The van der Waals surface area contributed by atoms with E-state index in [4.69, 9.17) is 5.26 Å². The maximum absolute atomic E-state index is 8.85. The molecule has 4 rings (SSSR count). The third-order valence-electron chi connectivity index (χ3n) is 3.69. The molecule has 0 unspecified atom stereocenters. The maximum Gasteiger partial charge on any atom is 0.229 e. The fourth-order valence-electron chi connectivity index (χ4n) is 2.54. The summed E-state index contributed by atoms with van der Waals surface area (Å²) in [7, 11) is 0. The highest BCUT2D eigenvalue weighted by molar-refractivity contribution is 5.76. The van der Waals surface area contributed by atoms with Gasteiger partial charge < -0.3 is 5.32 Å². The molecule has 0 fully saturated rings. The Morgan fingerprint density at radius 3 is 2.83 bits per heavy atom. The molecule has 6 nitrogen and oxygen atoms in total. The highest BCUT2D eigenvalue weighted by Gasteiger charge is 2.11. The molecule has 2 heterocycles. The van der Waals surface area contributed by atoms with E-state index in [2.05, 4.69) is 26.5 Å². The van der Waals surface area contributed by atoms with Crippen LogP contribution in [0.1, 0.15) is 5.56 Å². The van der Waals surface area contributed by atoms with Crippen LogP contribution in [0.25, 0.3) is 16.9 Å². The van der Waals surface area contributed by atoms with Crippen molar-refractivity contribution in [2.75, 3.05) is 5.32 Å². The van der Waals surface area contributed by atoms with Crippen LogP contribution in [0.3, 0.4) is 0 Å². The fourth-order valence-corrected chi connectivity index (χ4v) is 2.54. The Morgan fingerprint density at radius 2 is 2.00 bits per heavy atom. The summed E-state index contributed by atoms with van der Waals surface area (Å²) in [6.07, 6.45) is 2.14. The van der Waals surface area contributed by atoms with Gasteiger partial charge in [0.25, 0.3) is 0 Å². The minimum absolute atomic E-state index is 0.388. The summed E-state index contributed by atoms with van der Waals surface area (Å²) < 4.78 is 1.88.